The molecular weight excluding hydrogens is 383 g/mol. The van der Waals surface area contributed by atoms with Crippen molar-refractivity contribution in [3.05, 3.63) is 54.6 Å². The number of hydrogen-bond donors (Lipinski definition) is 0. The Kier molecular flexibility index (Phi) is 4.60. The molecule has 1 saturated heterocycles. The van der Waals surface area contributed by atoms with Crippen molar-refractivity contribution in [2.75, 3.05) is 25.0 Å². The fourth-order valence-corrected chi connectivity index (χ4v) is 4.36. The van der Waals surface area contributed by atoms with E-state index in [1.165, 1.54) is 33.5 Å². The smallest absolute Gasteiger partial charge is 0.246 e. The van der Waals surface area contributed by atoms with Crippen molar-refractivity contribution < 1.29 is 12.8 Å². The van der Waals surface area contributed by atoms with Crippen molar-refractivity contribution in [2.24, 2.45) is 7.05 Å². The molecule has 8 nitrogen and oxygen atoms in total. The highest BCUT2D eigenvalue weighted by Gasteiger charge is 2.37. The quantitative estimate of drug-likeness (QED) is 0.644. The highest BCUT2D eigenvalue weighted by atomic mass is 32.2. The van der Waals surface area contributed by atoms with Crippen molar-refractivity contribution >= 4 is 15.8 Å². The molecule has 0 radical (unpaired) electrons. The molecule has 1 aromatic carbocycles. The van der Waals surface area contributed by atoms with Gasteiger partial charge in [-0.2, -0.15) is 9.40 Å². The highest BCUT2D eigenvalue weighted by Crippen LogP contribution is 2.26. The summed E-state index contributed by atoms with van der Waals surface area (Å²) in [6, 6.07) is 9.56. The number of aromatic nitrogens is 4. The summed E-state index contributed by atoms with van der Waals surface area (Å²) in [5.41, 5.74) is 1.43. The van der Waals surface area contributed by atoms with Gasteiger partial charge in [0.1, 0.15) is 10.7 Å². The average molecular weight is 402 g/mol. The van der Waals surface area contributed by atoms with Gasteiger partial charge >= 0.3 is 0 Å². The lowest BCUT2D eigenvalue weighted by Gasteiger charge is -2.43. The SMILES string of the molecule is CN(C1CN(c2ccc(-c3ccc(F)cc3)nn2)C1)S(=O)(=O)c1cnn(C)c1. The number of nitrogens with zero attached hydrogens (tertiary/aromatic N) is 6. The topological polar surface area (TPSA) is 84.2 Å². The van der Waals surface area contributed by atoms with Crippen molar-refractivity contribution in [1.29, 1.82) is 0 Å². The maximum Gasteiger partial charge on any atom is 0.246 e. The van der Waals surface area contributed by atoms with E-state index >= 15 is 0 Å². The minimum absolute atomic E-state index is 0.149. The van der Waals surface area contributed by atoms with E-state index in [9.17, 15) is 12.8 Å². The maximum atomic E-state index is 13.0. The Morgan fingerprint density at radius 1 is 1.11 bits per heavy atom. The van der Waals surface area contributed by atoms with Crippen LogP contribution in [0.3, 0.4) is 0 Å². The van der Waals surface area contributed by atoms with Crippen molar-refractivity contribution in [3.8, 4) is 11.3 Å². The van der Waals surface area contributed by atoms with Crippen LogP contribution in [0.5, 0.6) is 0 Å². The fraction of sp³-hybridized carbons (Fsp3) is 0.278. The Hall–Kier alpha value is -2.85. The van der Waals surface area contributed by atoms with E-state index in [0.717, 1.165) is 5.56 Å². The minimum atomic E-state index is -3.57. The summed E-state index contributed by atoms with van der Waals surface area (Å²) >= 11 is 0. The Morgan fingerprint density at radius 3 is 2.39 bits per heavy atom. The molecule has 0 amide bonds. The van der Waals surface area contributed by atoms with Crippen LogP contribution in [0.1, 0.15) is 0 Å². The molecule has 1 fully saturated rings. The van der Waals surface area contributed by atoms with Crippen molar-refractivity contribution in [1.82, 2.24) is 24.3 Å². The molecular formula is C18H19FN6O2S. The van der Waals surface area contributed by atoms with E-state index in [2.05, 4.69) is 15.3 Å². The first-order valence-electron chi connectivity index (χ1n) is 8.66. The molecule has 1 aliphatic rings. The van der Waals surface area contributed by atoms with Crippen LogP contribution < -0.4 is 4.90 Å². The predicted octanol–water partition coefficient (Wildman–Crippen LogP) is 1.53. The molecule has 0 saturated carbocycles. The summed E-state index contributed by atoms with van der Waals surface area (Å²) in [6.45, 7) is 1.06. The number of hydrogen-bond acceptors (Lipinski definition) is 6. The number of aryl methyl sites for hydroxylation is 1. The number of likely N-dealkylation sites (N-methyl/N-ethyl adjacent to an activating group) is 1. The standard InChI is InChI=1S/C18H19FN6O2S/c1-23-12-16(9-20-23)28(26,27)24(2)15-10-25(11-15)18-8-7-17(21-22-18)13-3-5-14(19)6-4-13/h3-9,12,15H,10-11H2,1-2H3. The van der Waals surface area contributed by atoms with E-state index in [1.807, 2.05) is 17.0 Å². The lowest BCUT2D eigenvalue weighted by atomic mass is 10.1. The Labute approximate surface area is 162 Å². The zero-order valence-electron chi connectivity index (χ0n) is 15.4. The van der Waals surface area contributed by atoms with E-state index in [0.29, 0.717) is 24.6 Å². The van der Waals surface area contributed by atoms with Crippen LogP contribution in [0.15, 0.2) is 53.7 Å². The summed E-state index contributed by atoms with van der Waals surface area (Å²) in [6.07, 6.45) is 2.84. The van der Waals surface area contributed by atoms with Gasteiger partial charge in [0.2, 0.25) is 10.0 Å². The first kappa shape index (κ1) is 18.5. The zero-order valence-corrected chi connectivity index (χ0v) is 16.2. The third-order valence-electron chi connectivity index (χ3n) is 4.85. The molecule has 0 bridgehead atoms. The lowest BCUT2D eigenvalue weighted by Crippen LogP contribution is -2.60. The second-order valence-electron chi connectivity index (χ2n) is 6.71. The van der Waals surface area contributed by atoms with E-state index in [-0.39, 0.29) is 16.8 Å². The van der Waals surface area contributed by atoms with Gasteiger partial charge in [-0.25, -0.2) is 12.8 Å². The van der Waals surface area contributed by atoms with Gasteiger partial charge in [-0.15, -0.1) is 10.2 Å². The van der Waals surface area contributed by atoms with Gasteiger partial charge < -0.3 is 4.90 Å². The molecule has 146 valence electrons. The summed E-state index contributed by atoms with van der Waals surface area (Å²) in [5, 5.41) is 12.3. The van der Waals surface area contributed by atoms with Crippen LogP contribution in [-0.4, -0.2) is 58.9 Å². The van der Waals surface area contributed by atoms with Gasteiger partial charge in [0, 0.05) is 38.9 Å². The summed E-state index contributed by atoms with van der Waals surface area (Å²) in [7, 11) is -0.317. The molecule has 0 N–H and O–H groups in total. The summed E-state index contributed by atoms with van der Waals surface area (Å²) < 4.78 is 41.2. The second kappa shape index (κ2) is 6.95. The van der Waals surface area contributed by atoms with Gasteiger partial charge in [0.05, 0.1) is 17.9 Å². The van der Waals surface area contributed by atoms with E-state index in [1.54, 1.807) is 26.2 Å². The Balaban J connectivity index is 1.41. The molecule has 2 aromatic heterocycles. The van der Waals surface area contributed by atoms with Crippen LogP contribution in [0.4, 0.5) is 10.2 Å². The van der Waals surface area contributed by atoms with Crippen LogP contribution in [-0.2, 0) is 17.1 Å². The molecule has 4 rings (SSSR count). The van der Waals surface area contributed by atoms with Gasteiger partial charge in [-0.3, -0.25) is 4.68 Å². The molecule has 0 aliphatic carbocycles. The van der Waals surface area contributed by atoms with Gasteiger partial charge in [-0.05, 0) is 36.4 Å². The normalized spacial score (nSPS) is 15.1. The molecule has 3 heterocycles. The zero-order chi connectivity index (χ0) is 19.9. The Bertz CT molecular complexity index is 1080. The third kappa shape index (κ3) is 3.36. The molecule has 0 spiro atoms. The number of sulfonamides is 1. The summed E-state index contributed by atoms with van der Waals surface area (Å²) in [4.78, 5) is 2.14. The molecule has 1 aliphatic heterocycles. The van der Waals surface area contributed by atoms with Crippen LogP contribution in [0.2, 0.25) is 0 Å². The largest absolute Gasteiger partial charge is 0.352 e. The highest BCUT2D eigenvalue weighted by molar-refractivity contribution is 7.89. The van der Waals surface area contributed by atoms with Crippen molar-refractivity contribution in [2.45, 2.75) is 10.9 Å². The second-order valence-corrected chi connectivity index (χ2v) is 8.71. The monoisotopic (exact) mass is 402 g/mol. The molecule has 0 atom stereocenters. The van der Waals surface area contributed by atoms with Crippen LogP contribution in [0, 0.1) is 5.82 Å². The number of benzene rings is 1. The Morgan fingerprint density at radius 2 is 1.82 bits per heavy atom. The maximum absolute atomic E-state index is 13.0. The third-order valence-corrected chi connectivity index (χ3v) is 6.71. The van der Waals surface area contributed by atoms with Gasteiger partial charge in [-0.1, -0.05) is 0 Å². The van der Waals surface area contributed by atoms with Crippen molar-refractivity contribution in [3.63, 3.8) is 0 Å². The first-order chi connectivity index (χ1) is 13.3. The number of anilines is 1. The first-order valence-corrected chi connectivity index (χ1v) is 10.1. The molecule has 10 heteroatoms. The number of halogens is 1. The molecule has 0 unspecified atom stereocenters. The number of rotatable bonds is 5. The van der Waals surface area contributed by atoms with Gasteiger partial charge in [0.25, 0.3) is 0 Å². The fourth-order valence-electron chi connectivity index (χ4n) is 3.04. The van der Waals surface area contributed by atoms with Gasteiger partial charge in [0.15, 0.2) is 5.82 Å². The summed E-state index contributed by atoms with van der Waals surface area (Å²) in [5.74, 6) is 0.375. The van der Waals surface area contributed by atoms with Crippen LogP contribution in [0.25, 0.3) is 11.3 Å². The van der Waals surface area contributed by atoms with E-state index < -0.39 is 10.0 Å². The minimum Gasteiger partial charge on any atom is -0.352 e. The average Bonchev–Trinajstić information content (AvgIpc) is 3.09. The molecule has 28 heavy (non-hydrogen) atoms. The van der Waals surface area contributed by atoms with E-state index in [4.69, 9.17) is 0 Å². The van der Waals surface area contributed by atoms with Crippen LogP contribution >= 0.6 is 0 Å². The predicted molar refractivity (Wildman–Crippen MR) is 102 cm³/mol. The molecule has 3 aromatic rings. The lowest BCUT2D eigenvalue weighted by molar-refractivity contribution is 0.309.